The highest BCUT2D eigenvalue weighted by molar-refractivity contribution is 5.91. The summed E-state index contributed by atoms with van der Waals surface area (Å²) in [6.45, 7) is 5.90. The van der Waals surface area contributed by atoms with Crippen molar-refractivity contribution in [3.8, 4) is 0 Å². The first-order valence-electron chi connectivity index (χ1n) is 6.99. The Labute approximate surface area is 123 Å². The van der Waals surface area contributed by atoms with E-state index >= 15 is 0 Å². The number of aromatic carboxylic acids is 1. The number of aliphatic hydroxyl groups is 1. The van der Waals surface area contributed by atoms with Crippen molar-refractivity contribution < 1.29 is 19.4 Å². The molecule has 0 radical (unpaired) electrons. The average Bonchev–Trinajstić information content (AvgIpc) is 2.81. The highest BCUT2D eigenvalue weighted by Gasteiger charge is 2.16. The summed E-state index contributed by atoms with van der Waals surface area (Å²) in [5.41, 5.74) is 1.70. The van der Waals surface area contributed by atoms with Crippen LogP contribution >= 0.6 is 0 Å². The Bertz CT molecular complexity index is 630. The molecule has 3 N–H and O–H groups in total. The predicted octanol–water partition coefficient (Wildman–Crippen LogP) is 2.63. The van der Waals surface area contributed by atoms with Crippen molar-refractivity contribution in [2.75, 3.05) is 13.2 Å². The van der Waals surface area contributed by atoms with E-state index in [1.165, 1.54) is 6.07 Å². The van der Waals surface area contributed by atoms with Crippen molar-refractivity contribution in [2.24, 2.45) is 5.41 Å². The fourth-order valence-corrected chi connectivity index (χ4v) is 2.24. The molecule has 0 fully saturated rings. The van der Waals surface area contributed by atoms with E-state index in [1.807, 2.05) is 12.1 Å². The third-order valence-corrected chi connectivity index (χ3v) is 3.51. The molecular formula is C16H21NO4. The van der Waals surface area contributed by atoms with Gasteiger partial charge in [-0.2, -0.15) is 0 Å². The maximum atomic E-state index is 10.9. The van der Waals surface area contributed by atoms with E-state index in [0.29, 0.717) is 12.1 Å². The van der Waals surface area contributed by atoms with Gasteiger partial charge in [0.05, 0.1) is 0 Å². The molecule has 21 heavy (non-hydrogen) atoms. The summed E-state index contributed by atoms with van der Waals surface area (Å²) in [4.78, 5) is 10.9. The number of furan rings is 1. The molecule has 0 bridgehead atoms. The molecule has 5 nitrogen and oxygen atoms in total. The van der Waals surface area contributed by atoms with Crippen LogP contribution in [0.4, 0.5) is 0 Å². The standard InChI is InChI=1S/C16H21NO4/c1-16(2,5-6-18)10-17-9-11-3-4-13-12(7-11)8-14(21-13)15(19)20/h3-4,7-8,17-18H,5-6,9-10H2,1-2H3,(H,19,20). The van der Waals surface area contributed by atoms with Crippen LogP contribution in [0.1, 0.15) is 36.4 Å². The Morgan fingerprint density at radius 2 is 2.10 bits per heavy atom. The van der Waals surface area contributed by atoms with Gasteiger partial charge in [-0.3, -0.25) is 0 Å². The fourth-order valence-electron chi connectivity index (χ4n) is 2.24. The number of carbonyl (C=O) groups is 1. The zero-order chi connectivity index (χ0) is 15.5. The van der Waals surface area contributed by atoms with Gasteiger partial charge >= 0.3 is 5.97 Å². The van der Waals surface area contributed by atoms with Crippen molar-refractivity contribution >= 4 is 16.9 Å². The number of benzene rings is 1. The highest BCUT2D eigenvalue weighted by Crippen LogP contribution is 2.22. The maximum absolute atomic E-state index is 10.9. The third-order valence-electron chi connectivity index (χ3n) is 3.51. The molecule has 5 heteroatoms. The molecule has 1 aromatic carbocycles. The number of aliphatic hydroxyl groups excluding tert-OH is 1. The summed E-state index contributed by atoms with van der Waals surface area (Å²) >= 11 is 0. The summed E-state index contributed by atoms with van der Waals surface area (Å²) in [5, 5.41) is 22.1. The van der Waals surface area contributed by atoms with Crippen molar-refractivity contribution in [2.45, 2.75) is 26.8 Å². The van der Waals surface area contributed by atoms with Crippen molar-refractivity contribution in [1.82, 2.24) is 5.32 Å². The van der Waals surface area contributed by atoms with E-state index in [4.69, 9.17) is 14.6 Å². The summed E-state index contributed by atoms with van der Waals surface area (Å²) < 4.78 is 5.23. The van der Waals surface area contributed by atoms with Crippen LogP contribution in [-0.2, 0) is 6.54 Å². The molecule has 0 saturated heterocycles. The molecule has 2 rings (SSSR count). The Morgan fingerprint density at radius 3 is 2.76 bits per heavy atom. The van der Waals surface area contributed by atoms with Crippen LogP contribution in [0.2, 0.25) is 0 Å². The number of carboxylic acids is 1. The quantitative estimate of drug-likeness (QED) is 0.730. The summed E-state index contributed by atoms with van der Waals surface area (Å²) in [5.74, 6) is -1.10. The highest BCUT2D eigenvalue weighted by atomic mass is 16.4. The second kappa shape index (κ2) is 6.28. The largest absolute Gasteiger partial charge is 0.475 e. The molecule has 1 heterocycles. The number of carboxylic acid groups (broad SMARTS) is 1. The Hall–Kier alpha value is -1.85. The van der Waals surface area contributed by atoms with E-state index in [9.17, 15) is 4.79 Å². The summed E-state index contributed by atoms with van der Waals surface area (Å²) in [7, 11) is 0. The van der Waals surface area contributed by atoms with Gasteiger partial charge < -0.3 is 19.9 Å². The maximum Gasteiger partial charge on any atom is 0.371 e. The molecule has 0 atom stereocenters. The second-order valence-electron chi connectivity index (χ2n) is 6.03. The molecule has 0 aliphatic heterocycles. The molecule has 0 amide bonds. The van der Waals surface area contributed by atoms with Gasteiger partial charge in [0, 0.05) is 25.1 Å². The van der Waals surface area contributed by atoms with Crippen LogP contribution in [-0.4, -0.2) is 29.3 Å². The van der Waals surface area contributed by atoms with Gasteiger partial charge in [-0.1, -0.05) is 19.9 Å². The predicted molar refractivity (Wildman–Crippen MR) is 80.4 cm³/mol. The van der Waals surface area contributed by atoms with Gasteiger partial charge in [-0.15, -0.1) is 0 Å². The van der Waals surface area contributed by atoms with Crippen LogP contribution in [0.3, 0.4) is 0 Å². The lowest BCUT2D eigenvalue weighted by Crippen LogP contribution is -2.29. The average molecular weight is 291 g/mol. The lowest BCUT2D eigenvalue weighted by atomic mass is 9.90. The first-order valence-corrected chi connectivity index (χ1v) is 6.99. The third kappa shape index (κ3) is 4.06. The minimum Gasteiger partial charge on any atom is -0.475 e. The van der Waals surface area contributed by atoms with E-state index < -0.39 is 5.97 Å². The normalized spacial score (nSPS) is 12.0. The first kappa shape index (κ1) is 15.5. The molecule has 0 aliphatic carbocycles. The Balaban J connectivity index is 2.01. The second-order valence-corrected chi connectivity index (χ2v) is 6.03. The van der Waals surface area contributed by atoms with E-state index in [-0.39, 0.29) is 17.8 Å². The van der Waals surface area contributed by atoms with E-state index in [0.717, 1.165) is 23.9 Å². The van der Waals surface area contributed by atoms with Crippen LogP contribution < -0.4 is 5.32 Å². The molecule has 0 saturated carbocycles. The smallest absolute Gasteiger partial charge is 0.371 e. The zero-order valence-electron chi connectivity index (χ0n) is 12.3. The summed E-state index contributed by atoms with van der Waals surface area (Å²) in [6, 6.07) is 7.18. The van der Waals surface area contributed by atoms with Gasteiger partial charge in [-0.25, -0.2) is 4.79 Å². The van der Waals surface area contributed by atoms with E-state index in [1.54, 1.807) is 6.07 Å². The summed E-state index contributed by atoms with van der Waals surface area (Å²) in [6.07, 6.45) is 0.753. The zero-order valence-corrected chi connectivity index (χ0v) is 12.3. The number of nitrogens with one attached hydrogen (secondary N) is 1. The molecule has 0 spiro atoms. The molecule has 0 aliphatic rings. The number of rotatable bonds is 7. The first-order chi connectivity index (χ1) is 9.91. The van der Waals surface area contributed by atoms with Gasteiger partial charge in [0.25, 0.3) is 0 Å². The van der Waals surface area contributed by atoms with Crippen molar-refractivity contribution in [3.05, 3.63) is 35.6 Å². The van der Waals surface area contributed by atoms with Gasteiger partial charge in [0.2, 0.25) is 5.76 Å². The monoisotopic (exact) mass is 291 g/mol. The van der Waals surface area contributed by atoms with Gasteiger partial charge in [0.1, 0.15) is 5.58 Å². The molecule has 1 aromatic heterocycles. The van der Waals surface area contributed by atoms with E-state index in [2.05, 4.69) is 19.2 Å². The Kier molecular flexibility index (Phi) is 4.65. The SMILES string of the molecule is CC(C)(CCO)CNCc1ccc2oc(C(=O)O)cc2c1. The molecule has 2 aromatic rings. The Morgan fingerprint density at radius 1 is 1.33 bits per heavy atom. The lowest BCUT2D eigenvalue weighted by Gasteiger charge is -2.24. The minimum absolute atomic E-state index is 0.0424. The lowest BCUT2D eigenvalue weighted by molar-refractivity contribution is 0.0665. The number of hydrogen-bond acceptors (Lipinski definition) is 4. The van der Waals surface area contributed by atoms with Crippen LogP contribution in [0.25, 0.3) is 11.0 Å². The molecular weight excluding hydrogens is 270 g/mol. The van der Waals surface area contributed by atoms with Gasteiger partial charge in [-0.05, 0) is 35.6 Å². The fraction of sp³-hybridized carbons (Fsp3) is 0.438. The minimum atomic E-state index is -1.06. The molecule has 114 valence electrons. The number of fused-ring (bicyclic) bond motifs is 1. The topological polar surface area (TPSA) is 82.7 Å². The molecule has 0 unspecified atom stereocenters. The van der Waals surface area contributed by atoms with Crippen LogP contribution in [0, 0.1) is 5.41 Å². The number of hydrogen-bond donors (Lipinski definition) is 3. The van der Waals surface area contributed by atoms with Gasteiger partial charge in [0.15, 0.2) is 0 Å². The van der Waals surface area contributed by atoms with Crippen LogP contribution in [0.5, 0.6) is 0 Å². The van der Waals surface area contributed by atoms with Crippen LogP contribution in [0.15, 0.2) is 28.7 Å². The van der Waals surface area contributed by atoms with Crippen molar-refractivity contribution in [1.29, 1.82) is 0 Å². The van der Waals surface area contributed by atoms with Crippen molar-refractivity contribution in [3.63, 3.8) is 0 Å².